The first kappa shape index (κ1) is 35.3. The largest absolute Gasteiger partial charge is 0.493 e. The van der Waals surface area contributed by atoms with Crippen molar-refractivity contribution >= 4 is 23.6 Å². The van der Waals surface area contributed by atoms with E-state index < -0.39 is 17.7 Å². The summed E-state index contributed by atoms with van der Waals surface area (Å²) in [6, 6.07) is 6.44. The smallest absolute Gasteiger partial charge is 0.271 e. The molecule has 0 radical (unpaired) electrons. The van der Waals surface area contributed by atoms with Crippen LogP contribution in [0.5, 0.6) is 5.75 Å². The molecule has 0 aromatic heterocycles. The van der Waals surface area contributed by atoms with Crippen LogP contribution in [0.25, 0.3) is 0 Å². The fraction of sp³-hybridized carbons (Fsp3) is 0.742. The zero-order chi connectivity index (χ0) is 30.4. The first-order chi connectivity index (χ1) is 19.5. The van der Waals surface area contributed by atoms with Gasteiger partial charge in [0, 0.05) is 51.7 Å². The summed E-state index contributed by atoms with van der Waals surface area (Å²) in [6.07, 6.45) is 6.41. The molecule has 0 heterocycles. The second-order valence-corrected chi connectivity index (χ2v) is 12.1. The molecule has 41 heavy (non-hydrogen) atoms. The fourth-order valence-corrected chi connectivity index (χ4v) is 5.67. The minimum atomic E-state index is -0.959. The van der Waals surface area contributed by atoms with Crippen LogP contribution in [0.3, 0.4) is 0 Å². The van der Waals surface area contributed by atoms with Gasteiger partial charge in [0.1, 0.15) is 11.4 Å². The number of para-hydroxylation sites is 1. The maximum Gasteiger partial charge on any atom is 0.271 e. The summed E-state index contributed by atoms with van der Waals surface area (Å²) >= 11 is 6.52. The number of benzene rings is 1. The van der Waals surface area contributed by atoms with Gasteiger partial charge in [0.2, 0.25) is 0 Å². The number of unbranched alkanes of at least 4 members (excludes halogenated alkanes) is 1. The van der Waals surface area contributed by atoms with Crippen LogP contribution in [-0.2, 0) is 14.3 Å². The van der Waals surface area contributed by atoms with Crippen LogP contribution in [-0.4, -0.2) is 79.6 Å². The molecule has 1 aliphatic rings. The van der Waals surface area contributed by atoms with Crippen LogP contribution in [0.2, 0.25) is 0 Å². The van der Waals surface area contributed by atoms with Gasteiger partial charge in [-0.2, -0.15) is 0 Å². The number of halogens is 1. The molecule has 1 saturated carbocycles. The standard InChI is InChI=1S/C31H52ClN3O6/c1-22(2)23(21-35(32)29(37)25-15-9-10-16-28(25)41-18-12-11-17-39-4)19-26(33)27(36)20-34-30(38)31(3,40-5)24-13-7-6-8-14-24/h9-10,15-16,22-24,26-27,36H,6-8,11-14,17-21,33H2,1-5H3,(H,34,38)/t23-,26+,27+,31-/m1/s1. The lowest BCUT2D eigenvalue weighted by Crippen LogP contribution is -2.54. The number of hydrogen-bond donors (Lipinski definition) is 3. The van der Waals surface area contributed by atoms with Crippen molar-refractivity contribution in [2.24, 2.45) is 23.5 Å². The summed E-state index contributed by atoms with van der Waals surface area (Å²) in [5, 5.41) is 13.7. The quantitative estimate of drug-likeness (QED) is 0.168. The SMILES string of the molecule is COCCCCOc1ccccc1C(=O)N(Cl)C[C@@H](C[C@H](N)[C@@H](O)CNC(=O)[C@](C)(OC)C1CCCCC1)C(C)C. The highest BCUT2D eigenvalue weighted by Crippen LogP contribution is 2.35. The van der Waals surface area contributed by atoms with Gasteiger partial charge in [-0.05, 0) is 68.9 Å². The fourth-order valence-electron chi connectivity index (χ4n) is 5.41. The van der Waals surface area contributed by atoms with Gasteiger partial charge >= 0.3 is 0 Å². The number of carbonyl (C=O) groups excluding carboxylic acids is 2. The third-order valence-corrected chi connectivity index (χ3v) is 8.77. The van der Waals surface area contributed by atoms with E-state index in [2.05, 4.69) is 5.32 Å². The van der Waals surface area contributed by atoms with E-state index in [-0.39, 0.29) is 42.7 Å². The van der Waals surface area contributed by atoms with E-state index >= 15 is 0 Å². The van der Waals surface area contributed by atoms with Crippen molar-refractivity contribution < 1.29 is 28.9 Å². The first-order valence-corrected chi connectivity index (χ1v) is 15.3. The van der Waals surface area contributed by atoms with Crippen LogP contribution in [0.15, 0.2) is 24.3 Å². The van der Waals surface area contributed by atoms with Crippen LogP contribution in [0, 0.1) is 17.8 Å². The molecule has 2 rings (SSSR count). The monoisotopic (exact) mass is 597 g/mol. The number of hydrogen-bond acceptors (Lipinski definition) is 7. The zero-order valence-corrected chi connectivity index (χ0v) is 26.3. The molecule has 4 N–H and O–H groups in total. The Morgan fingerprint density at radius 3 is 2.44 bits per heavy atom. The molecule has 4 atom stereocenters. The Morgan fingerprint density at radius 1 is 1.15 bits per heavy atom. The molecule has 9 nitrogen and oxygen atoms in total. The summed E-state index contributed by atoms with van der Waals surface area (Å²) in [6.45, 7) is 7.30. The molecule has 1 fully saturated rings. The Kier molecular flexibility index (Phi) is 15.4. The van der Waals surface area contributed by atoms with Gasteiger partial charge in [-0.15, -0.1) is 0 Å². The summed E-state index contributed by atoms with van der Waals surface area (Å²) in [4.78, 5) is 26.3. The zero-order valence-electron chi connectivity index (χ0n) is 25.6. The first-order valence-electron chi connectivity index (χ1n) is 15.0. The van der Waals surface area contributed by atoms with E-state index in [1.54, 1.807) is 32.4 Å². The maximum absolute atomic E-state index is 13.3. The third kappa shape index (κ3) is 10.7. The Labute approximate surface area is 251 Å². The molecule has 2 amide bonds. The normalized spacial score (nSPS) is 17.9. The van der Waals surface area contributed by atoms with Crippen molar-refractivity contribution in [2.45, 2.75) is 89.9 Å². The van der Waals surface area contributed by atoms with Gasteiger partial charge in [-0.25, -0.2) is 0 Å². The number of aliphatic hydroxyl groups is 1. The highest BCUT2D eigenvalue weighted by Gasteiger charge is 2.42. The van der Waals surface area contributed by atoms with Gasteiger partial charge in [0.15, 0.2) is 0 Å². The molecule has 1 aliphatic carbocycles. The molecule has 234 valence electrons. The number of carbonyl (C=O) groups is 2. The highest BCUT2D eigenvalue weighted by molar-refractivity contribution is 6.24. The highest BCUT2D eigenvalue weighted by atomic mass is 35.5. The number of methoxy groups -OCH3 is 2. The molecule has 0 bridgehead atoms. The van der Waals surface area contributed by atoms with Crippen LogP contribution < -0.4 is 15.8 Å². The Bertz CT molecular complexity index is 929. The van der Waals surface area contributed by atoms with Crippen LogP contribution >= 0.6 is 11.8 Å². The Hall–Kier alpha value is -1.91. The van der Waals surface area contributed by atoms with Crippen LogP contribution in [0.4, 0.5) is 0 Å². The second kappa shape index (κ2) is 17.9. The predicted octanol–water partition coefficient (Wildman–Crippen LogP) is 4.54. The topological polar surface area (TPSA) is 123 Å². The molecule has 0 spiro atoms. The van der Waals surface area contributed by atoms with Gasteiger partial charge < -0.3 is 30.4 Å². The Morgan fingerprint density at radius 2 is 1.80 bits per heavy atom. The lowest BCUT2D eigenvalue weighted by molar-refractivity contribution is -0.150. The van der Waals surface area contributed by atoms with Gasteiger partial charge in [0.25, 0.3) is 11.8 Å². The van der Waals surface area contributed by atoms with Crippen molar-refractivity contribution in [1.29, 1.82) is 0 Å². The van der Waals surface area contributed by atoms with Gasteiger partial charge in [-0.3, -0.25) is 14.0 Å². The van der Waals surface area contributed by atoms with E-state index in [9.17, 15) is 14.7 Å². The van der Waals surface area contributed by atoms with Crippen molar-refractivity contribution in [3.8, 4) is 5.75 Å². The Balaban J connectivity index is 1.94. The number of nitrogens with zero attached hydrogens (tertiary/aromatic N) is 1. The van der Waals surface area contributed by atoms with E-state index in [0.29, 0.717) is 30.9 Å². The van der Waals surface area contributed by atoms with E-state index in [4.69, 9.17) is 31.7 Å². The van der Waals surface area contributed by atoms with Crippen molar-refractivity contribution in [2.75, 3.05) is 40.5 Å². The number of ether oxygens (including phenoxy) is 3. The molecule has 0 aliphatic heterocycles. The molecule has 1 aromatic carbocycles. The molecular formula is C31H52ClN3O6. The molecule has 0 unspecified atom stereocenters. The minimum absolute atomic E-state index is 0.0229. The van der Waals surface area contributed by atoms with Gasteiger partial charge in [-0.1, -0.05) is 45.2 Å². The average Bonchev–Trinajstić information content (AvgIpc) is 2.98. The molecule has 1 aromatic rings. The predicted molar refractivity (Wildman–Crippen MR) is 162 cm³/mol. The summed E-state index contributed by atoms with van der Waals surface area (Å²) in [5.74, 6) is 0.123. The number of amides is 2. The van der Waals surface area contributed by atoms with E-state index in [1.165, 1.54) is 10.8 Å². The van der Waals surface area contributed by atoms with Crippen molar-refractivity contribution in [3.05, 3.63) is 29.8 Å². The number of nitrogens with one attached hydrogen (secondary N) is 1. The lowest BCUT2D eigenvalue weighted by atomic mass is 9.77. The molecule has 10 heteroatoms. The maximum atomic E-state index is 13.3. The molecular weight excluding hydrogens is 546 g/mol. The van der Waals surface area contributed by atoms with Crippen molar-refractivity contribution in [3.63, 3.8) is 0 Å². The lowest BCUT2D eigenvalue weighted by Gasteiger charge is -2.37. The van der Waals surface area contributed by atoms with Crippen LogP contribution in [0.1, 0.15) is 82.5 Å². The second-order valence-electron chi connectivity index (χ2n) is 11.7. The van der Waals surface area contributed by atoms with E-state index in [0.717, 1.165) is 38.5 Å². The number of aliphatic hydroxyl groups excluding tert-OH is 1. The number of rotatable bonds is 18. The average molecular weight is 598 g/mol. The number of nitrogens with two attached hydrogens (primary N) is 1. The summed E-state index contributed by atoms with van der Waals surface area (Å²) in [5.41, 5.74) is 5.85. The van der Waals surface area contributed by atoms with E-state index in [1.807, 2.05) is 26.8 Å². The van der Waals surface area contributed by atoms with Gasteiger partial charge in [0.05, 0.1) is 18.3 Å². The molecule has 0 saturated heterocycles. The minimum Gasteiger partial charge on any atom is -0.493 e. The summed E-state index contributed by atoms with van der Waals surface area (Å²) < 4.78 is 17.8. The summed E-state index contributed by atoms with van der Waals surface area (Å²) in [7, 11) is 3.23. The third-order valence-electron chi connectivity index (χ3n) is 8.48. The van der Waals surface area contributed by atoms with Crippen molar-refractivity contribution in [1.82, 2.24) is 9.74 Å².